The Balaban J connectivity index is 1.50. The van der Waals surface area contributed by atoms with Crippen molar-refractivity contribution in [1.82, 2.24) is 5.32 Å². The van der Waals surface area contributed by atoms with Gasteiger partial charge in [-0.05, 0) is 47.9 Å². The first-order chi connectivity index (χ1) is 10.8. The Hall–Kier alpha value is -2.13. The van der Waals surface area contributed by atoms with E-state index in [4.69, 9.17) is 0 Å². The van der Waals surface area contributed by atoms with Crippen LogP contribution < -0.4 is 5.32 Å². The molecule has 1 amide bonds. The van der Waals surface area contributed by atoms with E-state index in [9.17, 15) is 4.79 Å². The lowest BCUT2D eigenvalue weighted by Gasteiger charge is -2.25. The molecule has 2 aromatic carbocycles. The molecule has 4 rings (SSSR count). The molecule has 3 heteroatoms. The monoisotopic (exact) mass is 307 g/mol. The van der Waals surface area contributed by atoms with Crippen molar-refractivity contribution in [3.05, 3.63) is 70.6 Å². The summed E-state index contributed by atoms with van der Waals surface area (Å²) in [6.07, 6.45) is 3.01. The molecule has 1 atom stereocenters. The lowest BCUT2D eigenvalue weighted by atomic mass is 9.88. The van der Waals surface area contributed by atoms with Crippen LogP contribution in [-0.4, -0.2) is 11.9 Å². The highest BCUT2D eigenvalue weighted by molar-refractivity contribution is 7.20. The summed E-state index contributed by atoms with van der Waals surface area (Å²) < 4.78 is 1.17. The summed E-state index contributed by atoms with van der Waals surface area (Å²) in [5, 5.41) is 4.35. The fourth-order valence-electron chi connectivity index (χ4n) is 3.17. The molecule has 1 N–H and O–H groups in total. The number of aryl methyl sites for hydroxylation is 1. The number of nitrogens with one attached hydrogen (secondary N) is 1. The van der Waals surface area contributed by atoms with Crippen LogP contribution in [0.25, 0.3) is 10.1 Å². The molecule has 1 aliphatic rings. The van der Waals surface area contributed by atoms with Crippen LogP contribution in [0, 0.1) is 0 Å². The van der Waals surface area contributed by atoms with Gasteiger partial charge in [0, 0.05) is 10.7 Å². The van der Waals surface area contributed by atoms with Gasteiger partial charge in [-0.25, -0.2) is 0 Å². The second-order valence-electron chi connectivity index (χ2n) is 5.83. The standard InChI is InChI=1S/C19H17NOS/c21-19(18-12-15-7-3-4-8-17(15)22-18)20-16-10-9-13-5-1-2-6-14(13)11-16/h1-8,12,16H,9-11H2,(H,20,21). The maximum atomic E-state index is 12.5. The number of benzene rings is 2. The molecule has 1 aliphatic carbocycles. The van der Waals surface area contributed by atoms with Crippen LogP contribution in [0.4, 0.5) is 0 Å². The molecule has 0 saturated carbocycles. The summed E-state index contributed by atoms with van der Waals surface area (Å²) in [5.41, 5.74) is 2.80. The summed E-state index contributed by atoms with van der Waals surface area (Å²) >= 11 is 1.57. The third-order valence-electron chi connectivity index (χ3n) is 4.33. The summed E-state index contributed by atoms with van der Waals surface area (Å²) in [6.45, 7) is 0. The largest absolute Gasteiger partial charge is 0.348 e. The lowest BCUT2D eigenvalue weighted by Crippen LogP contribution is -2.38. The highest BCUT2D eigenvalue weighted by Gasteiger charge is 2.21. The van der Waals surface area contributed by atoms with Crippen LogP contribution in [0.2, 0.25) is 0 Å². The third kappa shape index (κ3) is 2.53. The zero-order valence-electron chi connectivity index (χ0n) is 12.2. The van der Waals surface area contributed by atoms with Gasteiger partial charge in [-0.2, -0.15) is 0 Å². The molecule has 22 heavy (non-hydrogen) atoms. The first kappa shape index (κ1) is 13.5. The number of hydrogen-bond donors (Lipinski definition) is 1. The van der Waals surface area contributed by atoms with Crippen molar-refractivity contribution in [3.63, 3.8) is 0 Å². The molecule has 0 saturated heterocycles. The first-order valence-electron chi connectivity index (χ1n) is 7.66. The Morgan fingerprint density at radius 2 is 1.82 bits per heavy atom. The Kier molecular flexibility index (Phi) is 3.43. The van der Waals surface area contributed by atoms with E-state index in [0.29, 0.717) is 0 Å². The van der Waals surface area contributed by atoms with Crippen LogP contribution in [0.1, 0.15) is 27.2 Å². The van der Waals surface area contributed by atoms with E-state index in [1.807, 2.05) is 18.2 Å². The number of thiophene rings is 1. The van der Waals surface area contributed by atoms with Crippen molar-refractivity contribution in [3.8, 4) is 0 Å². The maximum absolute atomic E-state index is 12.5. The number of rotatable bonds is 2. The molecule has 0 bridgehead atoms. The van der Waals surface area contributed by atoms with E-state index in [-0.39, 0.29) is 11.9 Å². The number of carbonyl (C=O) groups is 1. The average molecular weight is 307 g/mol. The van der Waals surface area contributed by atoms with E-state index in [1.54, 1.807) is 11.3 Å². The zero-order chi connectivity index (χ0) is 14.9. The van der Waals surface area contributed by atoms with Crippen LogP contribution in [-0.2, 0) is 12.8 Å². The van der Waals surface area contributed by atoms with Gasteiger partial charge in [-0.15, -0.1) is 11.3 Å². The summed E-state index contributed by atoms with van der Waals surface area (Å²) in [7, 11) is 0. The van der Waals surface area contributed by atoms with Gasteiger partial charge in [0.05, 0.1) is 4.88 Å². The molecule has 3 aromatic rings. The number of amides is 1. The topological polar surface area (TPSA) is 29.1 Å². The van der Waals surface area contributed by atoms with Crippen molar-refractivity contribution < 1.29 is 4.79 Å². The quantitative estimate of drug-likeness (QED) is 0.756. The van der Waals surface area contributed by atoms with E-state index < -0.39 is 0 Å². The molecule has 1 unspecified atom stereocenters. The molecule has 0 spiro atoms. The van der Waals surface area contributed by atoms with E-state index in [2.05, 4.69) is 41.7 Å². The smallest absolute Gasteiger partial charge is 0.261 e. The third-order valence-corrected chi connectivity index (χ3v) is 5.45. The van der Waals surface area contributed by atoms with Gasteiger partial charge < -0.3 is 5.32 Å². The van der Waals surface area contributed by atoms with Gasteiger partial charge in [0.15, 0.2) is 0 Å². The van der Waals surface area contributed by atoms with E-state index >= 15 is 0 Å². The summed E-state index contributed by atoms with van der Waals surface area (Å²) in [6, 6.07) is 18.9. The minimum absolute atomic E-state index is 0.0607. The van der Waals surface area contributed by atoms with Gasteiger partial charge >= 0.3 is 0 Å². The first-order valence-corrected chi connectivity index (χ1v) is 8.47. The second-order valence-corrected chi connectivity index (χ2v) is 6.91. The Morgan fingerprint density at radius 3 is 2.68 bits per heavy atom. The molecule has 1 aromatic heterocycles. The average Bonchev–Trinajstić information content (AvgIpc) is 2.99. The molecular weight excluding hydrogens is 290 g/mol. The minimum Gasteiger partial charge on any atom is -0.348 e. The summed E-state index contributed by atoms with van der Waals surface area (Å²) in [4.78, 5) is 13.3. The fourth-order valence-corrected chi connectivity index (χ4v) is 4.14. The Morgan fingerprint density at radius 1 is 1.05 bits per heavy atom. The van der Waals surface area contributed by atoms with Gasteiger partial charge in [-0.3, -0.25) is 4.79 Å². The normalized spacial score (nSPS) is 17.2. The van der Waals surface area contributed by atoms with Crippen molar-refractivity contribution >= 4 is 27.3 Å². The van der Waals surface area contributed by atoms with Gasteiger partial charge in [-0.1, -0.05) is 42.5 Å². The fraction of sp³-hybridized carbons (Fsp3) is 0.211. The molecule has 0 radical (unpaired) electrons. The molecule has 1 heterocycles. The SMILES string of the molecule is O=C(NC1CCc2ccccc2C1)c1cc2ccccc2s1. The van der Waals surface area contributed by atoms with Crippen LogP contribution in [0.3, 0.4) is 0 Å². The van der Waals surface area contributed by atoms with Crippen LogP contribution in [0.15, 0.2) is 54.6 Å². The number of carbonyl (C=O) groups excluding carboxylic acids is 1. The van der Waals surface area contributed by atoms with Gasteiger partial charge in [0.1, 0.15) is 0 Å². The number of fused-ring (bicyclic) bond motifs is 2. The molecule has 0 fully saturated rings. The lowest BCUT2D eigenvalue weighted by molar-refractivity contribution is 0.0938. The molecule has 0 aliphatic heterocycles. The zero-order valence-corrected chi connectivity index (χ0v) is 13.0. The van der Waals surface area contributed by atoms with Crippen molar-refractivity contribution in [2.45, 2.75) is 25.3 Å². The van der Waals surface area contributed by atoms with Crippen molar-refractivity contribution in [2.75, 3.05) is 0 Å². The number of hydrogen-bond acceptors (Lipinski definition) is 2. The Bertz CT molecular complexity index is 803. The molecular formula is C19H17NOS. The predicted molar refractivity (Wildman–Crippen MR) is 91.5 cm³/mol. The minimum atomic E-state index is 0.0607. The Labute approximate surface area is 133 Å². The highest BCUT2D eigenvalue weighted by Crippen LogP contribution is 2.26. The maximum Gasteiger partial charge on any atom is 0.261 e. The second kappa shape index (κ2) is 5.58. The molecule has 110 valence electrons. The van der Waals surface area contributed by atoms with Crippen molar-refractivity contribution in [1.29, 1.82) is 0 Å². The van der Waals surface area contributed by atoms with E-state index in [0.717, 1.165) is 29.5 Å². The van der Waals surface area contributed by atoms with E-state index in [1.165, 1.54) is 15.8 Å². The van der Waals surface area contributed by atoms with Gasteiger partial charge in [0.2, 0.25) is 0 Å². The van der Waals surface area contributed by atoms with Gasteiger partial charge in [0.25, 0.3) is 5.91 Å². The summed E-state index contributed by atoms with van der Waals surface area (Å²) in [5.74, 6) is 0.0607. The predicted octanol–water partition coefficient (Wildman–Crippen LogP) is 4.19. The molecule has 2 nitrogen and oxygen atoms in total. The highest BCUT2D eigenvalue weighted by atomic mass is 32.1. The van der Waals surface area contributed by atoms with Crippen molar-refractivity contribution in [2.24, 2.45) is 0 Å². The van der Waals surface area contributed by atoms with Crippen LogP contribution in [0.5, 0.6) is 0 Å². The van der Waals surface area contributed by atoms with Crippen LogP contribution >= 0.6 is 11.3 Å².